The number of hydrogen-bond acceptors (Lipinski definition) is 5. The van der Waals surface area contributed by atoms with Gasteiger partial charge in [-0.05, 0) is 11.6 Å². The van der Waals surface area contributed by atoms with Gasteiger partial charge in [0.15, 0.2) is 6.33 Å². The maximum absolute atomic E-state index is 12.1. The molecule has 1 aliphatic rings. The SMILES string of the molecule is O=C(NCCc1ncno1)C1CNc2ccccc21. The van der Waals surface area contributed by atoms with Gasteiger partial charge in [0.2, 0.25) is 11.8 Å². The largest absolute Gasteiger partial charge is 0.384 e. The first-order chi connectivity index (χ1) is 9.34. The van der Waals surface area contributed by atoms with Gasteiger partial charge in [0.05, 0.1) is 5.92 Å². The Labute approximate surface area is 110 Å². The number of aromatic nitrogens is 2. The number of fused-ring (bicyclic) bond motifs is 1. The van der Waals surface area contributed by atoms with E-state index in [1.54, 1.807) is 0 Å². The third-order valence-electron chi connectivity index (χ3n) is 3.19. The van der Waals surface area contributed by atoms with Crippen molar-refractivity contribution in [3.05, 3.63) is 42.0 Å². The van der Waals surface area contributed by atoms with Gasteiger partial charge in [0.25, 0.3) is 0 Å². The Hall–Kier alpha value is -2.37. The first kappa shape index (κ1) is 11.7. The molecule has 19 heavy (non-hydrogen) atoms. The zero-order valence-electron chi connectivity index (χ0n) is 10.3. The lowest BCUT2D eigenvalue weighted by Gasteiger charge is -2.10. The Bertz CT molecular complexity index is 568. The van der Waals surface area contributed by atoms with Gasteiger partial charge in [-0.25, -0.2) is 0 Å². The predicted molar refractivity (Wildman–Crippen MR) is 68.7 cm³/mol. The zero-order valence-corrected chi connectivity index (χ0v) is 10.3. The van der Waals surface area contributed by atoms with Crippen LogP contribution in [-0.2, 0) is 11.2 Å². The molecule has 0 aliphatic carbocycles. The summed E-state index contributed by atoms with van der Waals surface area (Å²) in [6, 6.07) is 7.88. The number of anilines is 1. The third kappa shape index (κ3) is 2.42. The minimum Gasteiger partial charge on any atom is -0.384 e. The Morgan fingerprint density at radius 3 is 3.21 bits per heavy atom. The second-order valence-electron chi connectivity index (χ2n) is 4.40. The molecule has 0 saturated carbocycles. The fraction of sp³-hybridized carbons (Fsp3) is 0.308. The normalized spacial score (nSPS) is 16.7. The van der Waals surface area contributed by atoms with Crippen LogP contribution in [0.2, 0.25) is 0 Å². The Kier molecular flexibility index (Phi) is 3.14. The Morgan fingerprint density at radius 2 is 2.37 bits per heavy atom. The number of carbonyl (C=O) groups excluding carboxylic acids is 1. The summed E-state index contributed by atoms with van der Waals surface area (Å²) in [7, 11) is 0. The second kappa shape index (κ2) is 5.09. The summed E-state index contributed by atoms with van der Waals surface area (Å²) in [4.78, 5) is 16.0. The van der Waals surface area contributed by atoms with Gasteiger partial charge in [0.1, 0.15) is 0 Å². The molecule has 2 aromatic rings. The van der Waals surface area contributed by atoms with E-state index in [1.165, 1.54) is 6.33 Å². The first-order valence-electron chi connectivity index (χ1n) is 6.20. The minimum absolute atomic E-state index is 0.0250. The molecule has 2 heterocycles. The van der Waals surface area contributed by atoms with Crippen LogP contribution in [0.25, 0.3) is 0 Å². The van der Waals surface area contributed by atoms with Crippen LogP contribution in [0.15, 0.2) is 35.1 Å². The van der Waals surface area contributed by atoms with Crippen LogP contribution in [0, 0.1) is 0 Å². The lowest BCUT2D eigenvalue weighted by molar-refractivity contribution is -0.122. The molecule has 6 heteroatoms. The van der Waals surface area contributed by atoms with Crippen molar-refractivity contribution in [2.24, 2.45) is 0 Å². The minimum atomic E-state index is -0.126. The number of carbonyl (C=O) groups is 1. The van der Waals surface area contributed by atoms with Gasteiger partial charge in [-0.3, -0.25) is 4.79 Å². The van der Waals surface area contributed by atoms with E-state index in [4.69, 9.17) is 4.52 Å². The molecule has 1 unspecified atom stereocenters. The second-order valence-corrected chi connectivity index (χ2v) is 4.40. The van der Waals surface area contributed by atoms with Crippen molar-refractivity contribution in [2.45, 2.75) is 12.3 Å². The van der Waals surface area contributed by atoms with Crippen molar-refractivity contribution in [1.82, 2.24) is 15.5 Å². The number of amides is 1. The van der Waals surface area contributed by atoms with E-state index in [0.29, 0.717) is 25.4 Å². The Balaban J connectivity index is 1.57. The highest BCUT2D eigenvalue weighted by molar-refractivity contribution is 5.88. The maximum Gasteiger partial charge on any atom is 0.229 e. The van der Waals surface area contributed by atoms with Crippen molar-refractivity contribution in [3.8, 4) is 0 Å². The van der Waals surface area contributed by atoms with Crippen LogP contribution < -0.4 is 10.6 Å². The molecule has 0 spiro atoms. The van der Waals surface area contributed by atoms with Crippen molar-refractivity contribution in [3.63, 3.8) is 0 Å². The van der Waals surface area contributed by atoms with Gasteiger partial charge in [0, 0.05) is 25.2 Å². The lowest BCUT2D eigenvalue weighted by Crippen LogP contribution is -2.31. The van der Waals surface area contributed by atoms with Gasteiger partial charge in [-0.15, -0.1) is 0 Å². The van der Waals surface area contributed by atoms with Crippen LogP contribution >= 0.6 is 0 Å². The summed E-state index contributed by atoms with van der Waals surface area (Å²) >= 11 is 0. The van der Waals surface area contributed by atoms with E-state index in [2.05, 4.69) is 20.8 Å². The first-order valence-corrected chi connectivity index (χ1v) is 6.20. The summed E-state index contributed by atoms with van der Waals surface area (Å²) in [5.41, 5.74) is 2.09. The summed E-state index contributed by atoms with van der Waals surface area (Å²) in [5.74, 6) is 0.432. The predicted octanol–water partition coefficient (Wildman–Crippen LogP) is 0.938. The highest BCUT2D eigenvalue weighted by Gasteiger charge is 2.27. The van der Waals surface area contributed by atoms with E-state index < -0.39 is 0 Å². The standard InChI is InChI=1S/C13H14N4O2/c18-13(14-6-5-12-16-8-17-19-12)10-7-15-11-4-2-1-3-9(10)11/h1-4,8,10,15H,5-7H2,(H,14,18). The summed E-state index contributed by atoms with van der Waals surface area (Å²) in [6.45, 7) is 1.14. The highest BCUT2D eigenvalue weighted by atomic mass is 16.5. The molecule has 2 N–H and O–H groups in total. The lowest BCUT2D eigenvalue weighted by atomic mass is 10.0. The molecule has 0 bridgehead atoms. The smallest absolute Gasteiger partial charge is 0.229 e. The van der Waals surface area contributed by atoms with E-state index in [1.807, 2.05) is 24.3 Å². The number of nitrogens with zero attached hydrogens (tertiary/aromatic N) is 2. The molecule has 3 rings (SSSR count). The number of rotatable bonds is 4. The van der Waals surface area contributed by atoms with E-state index in [-0.39, 0.29) is 11.8 Å². The van der Waals surface area contributed by atoms with Gasteiger partial charge < -0.3 is 15.2 Å². The van der Waals surface area contributed by atoms with Crippen molar-refractivity contribution in [1.29, 1.82) is 0 Å². The van der Waals surface area contributed by atoms with Crippen LogP contribution in [0.3, 0.4) is 0 Å². The van der Waals surface area contributed by atoms with E-state index >= 15 is 0 Å². The molecule has 98 valence electrons. The third-order valence-corrected chi connectivity index (χ3v) is 3.19. The number of hydrogen-bond donors (Lipinski definition) is 2. The van der Waals surface area contributed by atoms with Gasteiger partial charge in [-0.1, -0.05) is 23.4 Å². The molecular weight excluding hydrogens is 244 g/mol. The van der Waals surface area contributed by atoms with Crippen LogP contribution in [-0.4, -0.2) is 29.1 Å². The van der Waals surface area contributed by atoms with E-state index in [0.717, 1.165) is 11.3 Å². The van der Waals surface area contributed by atoms with Crippen LogP contribution in [0.5, 0.6) is 0 Å². The van der Waals surface area contributed by atoms with Gasteiger partial charge in [-0.2, -0.15) is 4.98 Å². The maximum atomic E-state index is 12.1. The van der Waals surface area contributed by atoms with E-state index in [9.17, 15) is 4.79 Å². The fourth-order valence-corrected chi connectivity index (χ4v) is 2.24. The number of nitrogens with one attached hydrogen (secondary N) is 2. The van der Waals surface area contributed by atoms with Crippen molar-refractivity contribution in [2.75, 3.05) is 18.4 Å². The molecule has 0 fully saturated rings. The molecule has 0 radical (unpaired) electrons. The number of para-hydroxylation sites is 1. The monoisotopic (exact) mass is 258 g/mol. The quantitative estimate of drug-likeness (QED) is 0.853. The molecular formula is C13H14N4O2. The van der Waals surface area contributed by atoms with Crippen molar-refractivity contribution < 1.29 is 9.32 Å². The average Bonchev–Trinajstić information content (AvgIpc) is 3.07. The molecule has 1 atom stereocenters. The fourth-order valence-electron chi connectivity index (χ4n) is 2.24. The average molecular weight is 258 g/mol. The molecule has 1 amide bonds. The van der Waals surface area contributed by atoms with Gasteiger partial charge >= 0.3 is 0 Å². The summed E-state index contributed by atoms with van der Waals surface area (Å²) in [5, 5.41) is 9.65. The zero-order chi connectivity index (χ0) is 13.1. The van der Waals surface area contributed by atoms with Crippen LogP contribution in [0.1, 0.15) is 17.4 Å². The summed E-state index contributed by atoms with van der Waals surface area (Å²) < 4.78 is 4.87. The Morgan fingerprint density at radius 1 is 1.47 bits per heavy atom. The molecule has 1 aromatic heterocycles. The van der Waals surface area contributed by atoms with Crippen LogP contribution in [0.4, 0.5) is 5.69 Å². The highest BCUT2D eigenvalue weighted by Crippen LogP contribution is 2.30. The molecule has 6 nitrogen and oxygen atoms in total. The molecule has 1 aromatic carbocycles. The topological polar surface area (TPSA) is 80.1 Å². The molecule has 1 aliphatic heterocycles. The number of benzene rings is 1. The van der Waals surface area contributed by atoms with Crippen molar-refractivity contribution >= 4 is 11.6 Å². The molecule has 0 saturated heterocycles. The summed E-state index contributed by atoms with van der Waals surface area (Å²) in [6.07, 6.45) is 1.90.